The molecule has 0 fully saturated rings. The van der Waals surface area contributed by atoms with Crippen LogP contribution in [0.25, 0.3) is 0 Å². The van der Waals surface area contributed by atoms with Crippen molar-refractivity contribution in [2.75, 3.05) is 4.90 Å². The Bertz CT molecular complexity index is 733. The number of hydrogen-bond acceptors (Lipinski definition) is 5. The second kappa shape index (κ2) is 10.3. The van der Waals surface area contributed by atoms with Crippen LogP contribution in [0.1, 0.15) is 37.0 Å². The first-order valence-electron chi connectivity index (χ1n) is 8.26. The van der Waals surface area contributed by atoms with E-state index >= 15 is 0 Å². The minimum absolute atomic E-state index is 0.00757. The van der Waals surface area contributed by atoms with Gasteiger partial charge >= 0.3 is 0 Å². The van der Waals surface area contributed by atoms with Crippen LogP contribution in [-0.4, -0.2) is 22.1 Å². The van der Waals surface area contributed by atoms with E-state index in [1.54, 1.807) is 46.0 Å². The predicted octanol–water partition coefficient (Wildman–Crippen LogP) is 4.21. The van der Waals surface area contributed by atoms with Gasteiger partial charge in [-0.15, -0.1) is 11.3 Å². The lowest BCUT2D eigenvalue weighted by Gasteiger charge is -2.22. The van der Waals surface area contributed by atoms with Crippen LogP contribution in [0.3, 0.4) is 0 Å². The van der Waals surface area contributed by atoms with Gasteiger partial charge in [0.25, 0.3) is 0 Å². The first kappa shape index (κ1) is 20.4. The van der Waals surface area contributed by atoms with Crippen molar-refractivity contribution in [1.29, 1.82) is 0 Å². The number of carbonyl (C=O) groups excluding carboxylic acids is 2. The largest absolute Gasteiger partial charge is 0.508 e. The van der Waals surface area contributed by atoms with Crippen molar-refractivity contribution in [3.63, 3.8) is 0 Å². The molecule has 0 atom stereocenters. The predicted molar refractivity (Wildman–Crippen MR) is 104 cm³/mol. The molecule has 26 heavy (non-hydrogen) atoms. The van der Waals surface area contributed by atoms with Gasteiger partial charge in [0, 0.05) is 23.4 Å². The molecule has 2 rings (SSSR count). The van der Waals surface area contributed by atoms with E-state index in [1.165, 1.54) is 0 Å². The molecule has 3 N–H and O–H groups in total. The van der Waals surface area contributed by atoms with E-state index in [4.69, 9.17) is 5.21 Å². The summed E-state index contributed by atoms with van der Waals surface area (Å²) in [6.45, 7) is 0.465. The molecule has 1 aromatic carbocycles. The topological polar surface area (TPSA) is 89.9 Å². The Morgan fingerprint density at radius 1 is 1.04 bits per heavy atom. The molecule has 6 nitrogen and oxygen atoms in total. The summed E-state index contributed by atoms with van der Waals surface area (Å²) in [6.07, 6.45) is 2.63. The molecule has 140 valence electrons. The number of rotatable bonds is 9. The van der Waals surface area contributed by atoms with Crippen molar-refractivity contribution < 1.29 is 19.9 Å². The van der Waals surface area contributed by atoms with E-state index in [2.05, 4.69) is 15.9 Å². The quantitative estimate of drug-likeness (QED) is 0.309. The lowest BCUT2D eigenvalue weighted by atomic mass is 10.1. The molecule has 8 heteroatoms. The van der Waals surface area contributed by atoms with Crippen LogP contribution in [0, 0.1) is 0 Å². The van der Waals surface area contributed by atoms with Gasteiger partial charge in [0.15, 0.2) is 0 Å². The number of hydrogen-bond donors (Lipinski definition) is 3. The van der Waals surface area contributed by atoms with Gasteiger partial charge in [0.05, 0.1) is 10.3 Å². The highest BCUT2D eigenvalue weighted by Crippen LogP contribution is 2.27. The second-order valence-electron chi connectivity index (χ2n) is 5.80. The van der Waals surface area contributed by atoms with Crippen molar-refractivity contribution in [1.82, 2.24) is 5.48 Å². The highest BCUT2D eigenvalue weighted by Gasteiger charge is 2.17. The molecule has 0 unspecified atom stereocenters. The summed E-state index contributed by atoms with van der Waals surface area (Å²) in [7, 11) is 0. The van der Waals surface area contributed by atoms with Crippen molar-refractivity contribution in [2.24, 2.45) is 0 Å². The number of benzene rings is 1. The Kier molecular flexibility index (Phi) is 8.08. The third-order valence-electron chi connectivity index (χ3n) is 3.82. The Morgan fingerprint density at radius 3 is 2.35 bits per heavy atom. The number of phenolic OH excluding ortho intramolecular Hbond substituents is 1. The van der Waals surface area contributed by atoms with Crippen molar-refractivity contribution >= 4 is 44.8 Å². The zero-order valence-electron chi connectivity index (χ0n) is 14.2. The molecular formula is C18H21BrN2O4S. The van der Waals surface area contributed by atoms with Gasteiger partial charge in [-0.3, -0.25) is 14.8 Å². The molecule has 2 aromatic rings. The van der Waals surface area contributed by atoms with Crippen LogP contribution in [-0.2, 0) is 16.1 Å². The van der Waals surface area contributed by atoms with Crippen LogP contribution in [0.2, 0.25) is 0 Å². The van der Waals surface area contributed by atoms with Gasteiger partial charge in [-0.25, -0.2) is 5.48 Å². The fraction of sp³-hybridized carbons (Fsp3) is 0.333. The fourth-order valence-electron chi connectivity index (χ4n) is 2.48. The summed E-state index contributed by atoms with van der Waals surface area (Å²) < 4.78 is 1.01. The third kappa shape index (κ3) is 6.44. The van der Waals surface area contributed by atoms with Crippen LogP contribution < -0.4 is 10.4 Å². The zero-order chi connectivity index (χ0) is 18.9. The third-order valence-corrected chi connectivity index (χ3v) is 5.43. The van der Waals surface area contributed by atoms with Crippen molar-refractivity contribution in [3.05, 3.63) is 45.1 Å². The maximum atomic E-state index is 12.7. The number of aromatic hydroxyl groups is 1. The van der Waals surface area contributed by atoms with Crippen molar-refractivity contribution in [3.8, 4) is 5.75 Å². The maximum absolute atomic E-state index is 12.7. The molecule has 0 spiro atoms. The number of phenols is 1. The Morgan fingerprint density at radius 2 is 1.73 bits per heavy atom. The molecule has 0 aliphatic heterocycles. The molecule has 0 saturated carbocycles. The summed E-state index contributed by atoms with van der Waals surface area (Å²) in [4.78, 5) is 26.5. The van der Waals surface area contributed by atoms with Crippen LogP contribution >= 0.6 is 27.3 Å². The molecule has 1 aromatic heterocycles. The van der Waals surface area contributed by atoms with E-state index < -0.39 is 5.91 Å². The van der Waals surface area contributed by atoms with Crippen molar-refractivity contribution in [2.45, 2.75) is 38.6 Å². The number of thiophene rings is 1. The van der Waals surface area contributed by atoms with E-state index in [1.807, 2.05) is 12.1 Å². The number of nitrogens with zero attached hydrogens (tertiary/aromatic N) is 1. The Balaban J connectivity index is 1.97. The van der Waals surface area contributed by atoms with Crippen LogP contribution in [0.4, 0.5) is 5.69 Å². The smallest absolute Gasteiger partial charge is 0.243 e. The number of halogens is 1. The normalized spacial score (nSPS) is 10.5. The van der Waals surface area contributed by atoms with Crippen LogP contribution in [0.15, 0.2) is 40.2 Å². The lowest BCUT2D eigenvalue weighted by molar-refractivity contribution is -0.129. The number of carbonyl (C=O) groups is 2. The molecule has 0 bridgehead atoms. The fourth-order valence-corrected chi connectivity index (χ4v) is 3.95. The highest BCUT2D eigenvalue weighted by atomic mass is 79.9. The van der Waals surface area contributed by atoms with Gasteiger partial charge in [-0.05, 0) is 65.2 Å². The number of anilines is 1. The van der Waals surface area contributed by atoms with E-state index in [0.29, 0.717) is 25.8 Å². The van der Waals surface area contributed by atoms with Gasteiger partial charge in [0.2, 0.25) is 11.8 Å². The van der Waals surface area contributed by atoms with Gasteiger partial charge in [-0.1, -0.05) is 6.42 Å². The molecule has 0 saturated heterocycles. The van der Waals surface area contributed by atoms with Gasteiger partial charge < -0.3 is 10.0 Å². The Hall–Kier alpha value is -1.90. The van der Waals surface area contributed by atoms with E-state index in [-0.39, 0.29) is 18.1 Å². The van der Waals surface area contributed by atoms with E-state index in [0.717, 1.165) is 20.8 Å². The number of unbranched alkanes of at least 4 members (excludes halogenated alkanes) is 2. The number of amides is 2. The monoisotopic (exact) mass is 440 g/mol. The first-order valence-corrected chi connectivity index (χ1v) is 9.87. The average Bonchev–Trinajstić information content (AvgIpc) is 3.05. The summed E-state index contributed by atoms with van der Waals surface area (Å²) >= 11 is 5.01. The van der Waals surface area contributed by atoms with E-state index in [9.17, 15) is 14.7 Å². The van der Waals surface area contributed by atoms with Gasteiger partial charge in [-0.2, -0.15) is 0 Å². The molecule has 2 amide bonds. The average molecular weight is 441 g/mol. The van der Waals surface area contributed by atoms with Gasteiger partial charge in [0.1, 0.15) is 5.75 Å². The summed E-state index contributed by atoms with van der Waals surface area (Å²) in [6, 6.07) is 10.5. The first-order chi connectivity index (χ1) is 12.5. The highest BCUT2D eigenvalue weighted by molar-refractivity contribution is 9.11. The number of hydroxylamine groups is 1. The summed E-state index contributed by atoms with van der Waals surface area (Å²) in [5, 5.41) is 17.9. The molecule has 0 radical (unpaired) electrons. The number of nitrogens with one attached hydrogen (secondary N) is 1. The lowest BCUT2D eigenvalue weighted by Crippen LogP contribution is -2.29. The molecule has 0 aliphatic rings. The zero-order valence-corrected chi connectivity index (χ0v) is 16.6. The molecule has 0 aliphatic carbocycles. The summed E-state index contributed by atoms with van der Waals surface area (Å²) in [5.41, 5.74) is 2.33. The summed E-state index contributed by atoms with van der Waals surface area (Å²) in [5.74, 6) is -0.265. The Labute approximate surface area is 164 Å². The molecule has 1 heterocycles. The minimum Gasteiger partial charge on any atom is -0.508 e. The minimum atomic E-state index is -0.412. The SMILES string of the molecule is O=C(CCCCCC(=O)N(Cc1ccc(Br)s1)c1ccc(O)cc1)NO. The molecular weight excluding hydrogens is 420 g/mol. The van der Waals surface area contributed by atoms with Crippen LogP contribution in [0.5, 0.6) is 5.75 Å². The second-order valence-corrected chi connectivity index (χ2v) is 8.35. The maximum Gasteiger partial charge on any atom is 0.243 e. The standard InChI is InChI=1S/C18H21BrN2O4S/c19-16-11-10-15(26-16)12-21(13-6-8-14(22)9-7-13)18(24)5-3-1-2-4-17(23)20-25/h6-11,22,25H,1-5,12H2,(H,20,23).